The van der Waals surface area contributed by atoms with Crippen molar-refractivity contribution in [3.63, 3.8) is 0 Å². The number of rotatable bonds is 7. The molecule has 0 aromatic carbocycles. The highest BCUT2D eigenvalue weighted by molar-refractivity contribution is 5.86. The normalized spacial score (nSPS) is 7.85. The van der Waals surface area contributed by atoms with Crippen molar-refractivity contribution in [2.24, 2.45) is 11.6 Å². The van der Waals surface area contributed by atoms with Gasteiger partial charge in [-0.1, -0.05) is 0 Å². The summed E-state index contributed by atoms with van der Waals surface area (Å²) in [5.74, 6) is 4.81. The molecule has 0 spiro atoms. The summed E-state index contributed by atoms with van der Waals surface area (Å²) in [6.07, 6.45) is 2.21. The third-order valence-electron chi connectivity index (χ3n) is 1.20. The Hall–Kier alpha value is 0.710. The molecule has 0 aliphatic carbocycles. The monoisotopic (exact) mass is 255 g/mol. The van der Waals surface area contributed by atoms with Gasteiger partial charge in [0.1, 0.15) is 0 Å². The van der Waals surface area contributed by atoms with Crippen LogP contribution in [-0.2, 0) is 4.84 Å². The van der Waals surface area contributed by atoms with Crippen LogP contribution in [0.3, 0.4) is 0 Å². The van der Waals surface area contributed by atoms with Gasteiger partial charge in [-0.05, 0) is 25.9 Å². The fraction of sp³-hybridized carbons (Fsp3) is 1.00. The van der Waals surface area contributed by atoms with Gasteiger partial charge in [0, 0.05) is 6.54 Å². The maximum Gasteiger partial charge on any atom is 0.0803 e. The van der Waals surface area contributed by atoms with Crippen LogP contribution >= 0.6 is 37.2 Å². The summed E-state index contributed by atoms with van der Waals surface area (Å²) in [6, 6.07) is 0. The maximum atomic E-state index is 5.30. The van der Waals surface area contributed by atoms with Crippen molar-refractivity contribution in [2.45, 2.75) is 12.8 Å². The Morgan fingerprint density at radius 3 is 2.08 bits per heavy atom. The van der Waals surface area contributed by atoms with Crippen molar-refractivity contribution in [3.05, 3.63) is 0 Å². The van der Waals surface area contributed by atoms with Crippen molar-refractivity contribution < 1.29 is 4.84 Å². The average Bonchev–Trinajstić information content (AvgIpc) is 1.97. The summed E-state index contributed by atoms with van der Waals surface area (Å²) in [5.41, 5.74) is 5.30. The summed E-state index contributed by atoms with van der Waals surface area (Å²) in [6.45, 7) is 3.17. The molecule has 0 heterocycles. The van der Waals surface area contributed by atoms with E-state index in [-0.39, 0.29) is 37.2 Å². The van der Waals surface area contributed by atoms with Crippen LogP contribution in [-0.4, -0.2) is 26.2 Å². The molecule has 0 saturated heterocycles. The molecule has 0 radical (unpaired) electrons. The van der Waals surface area contributed by atoms with Crippen molar-refractivity contribution in [1.82, 2.24) is 5.32 Å². The molecule has 0 amide bonds. The van der Waals surface area contributed by atoms with Crippen molar-refractivity contribution in [1.29, 1.82) is 0 Å². The van der Waals surface area contributed by atoms with E-state index in [1.807, 2.05) is 0 Å². The zero-order chi connectivity index (χ0) is 7.66. The summed E-state index contributed by atoms with van der Waals surface area (Å²) in [5, 5.41) is 3.16. The molecule has 5 N–H and O–H groups in total. The van der Waals surface area contributed by atoms with E-state index in [1.54, 1.807) is 0 Å². The van der Waals surface area contributed by atoms with Gasteiger partial charge in [-0.15, -0.1) is 37.2 Å². The van der Waals surface area contributed by atoms with Gasteiger partial charge in [-0.2, -0.15) is 0 Å². The lowest BCUT2D eigenvalue weighted by atomic mass is 10.3. The third kappa shape index (κ3) is 24.5. The molecule has 0 aliphatic rings. The number of halogens is 3. The lowest BCUT2D eigenvalue weighted by Gasteiger charge is -2.01. The molecular formula is C6H20Cl3N3O. The van der Waals surface area contributed by atoms with E-state index in [0.717, 1.165) is 32.5 Å². The predicted molar refractivity (Wildman–Crippen MR) is 63.0 cm³/mol. The Kier molecular flexibility index (Phi) is 41.5. The van der Waals surface area contributed by atoms with E-state index in [2.05, 4.69) is 10.2 Å². The first kappa shape index (κ1) is 23.5. The van der Waals surface area contributed by atoms with E-state index in [4.69, 9.17) is 11.6 Å². The number of unbranched alkanes of at least 4 members (excludes halogenated alkanes) is 1. The minimum atomic E-state index is 0. The molecule has 0 aromatic rings. The first-order valence-corrected chi connectivity index (χ1v) is 3.64. The molecule has 0 aliphatic heterocycles. The first-order chi connectivity index (χ1) is 4.91. The second-order valence-electron chi connectivity index (χ2n) is 2.12. The predicted octanol–water partition coefficient (Wildman–Crippen LogP) is 0.471. The van der Waals surface area contributed by atoms with E-state index >= 15 is 0 Å². The van der Waals surface area contributed by atoms with E-state index < -0.39 is 0 Å². The zero-order valence-electron chi connectivity index (χ0n) is 7.53. The van der Waals surface area contributed by atoms with Gasteiger partial charge in [0.05, 0.1) is 6.61 Å². The summed E-state index contributed by atoms with van der Waals surface area (Å²) >= 11 is 0. The van der Waals surface area contributed by atoms with Crippen LogP contribution in [0.4, 0.5) is 0 Å². The van der Waals surface area contributed by atoms with Crippen LogP contribution in [0.15, 0.2) is 0 Å². The van der Waals surface area contributed by atoms with E-state index in [0.29, 0.717) is 6.61 Å². The fourth-order valence-electron chi connectivity index (χ4n) is 0.650. The minimum absolute atomic E-state index is 0. The van der Waals surface area contributed by atoms with Crippen LogP contribution in [0.1, 0.15) is 12.8 Å². The molecule has 86 valence electrons. The van der Waals surface area contributed by atoms with Gasteiger partial charge < -0.3 is 15.9 Å². The minimum Gasteiger partial charge on any atom is -0.330 e. The number of hydrogen-bond acceptors (Lipinski definition) is 4. The van der Waals surface area contributed by atoms with Crippen LogP contribution < -0.4 is 16.9 Å². The highest BCUT2D eigenvalue weighted by Crippen LogP contribution is 1.80. The molecule has 0 atom stereocenters. The van der Waals surface area contributed by atoms with Gasteiger partial charge >= 0.3 is 0 Å². The van der Waals surface area contributed by atoms with Gasteiger partial charge in [-0.3, -0.25) is 0 Å². The fourth-order valence-corrected chi connectivity index (χ4v) is 0.650. The summed E-state index contributed by atoms with van der Waals surface area (Å²) < 4.78 is 0. The number of hydrogen-bond donors (Lipinski definition) is 3. The van der Waals surface area contributed by atoms with Gasteiger partial charge in [-0.25, -0.2) is 5.90 Å². The average molecular weight is 257 g/mol. The second kappa shape index (κ2) is 23.0. The quantitative estimate of drug-likeness (QED) is 0.457. The molecule has 13 heavy (non-hydrogen) atoms. The SMILES string of the molecule is Cl.Cl.Cl.NCCCCNCCON. The molecule has 4 nitrogen and oxygen atoms in total. The van der Waals surface area contributed by atoms with Crippen LogP contribution in [0.25, 0.3) is 0 Å². The standard InChI is InChI=1S/C6H17N3O.3ClH/c7-3-1-2-4-9-5-6-10-8;;;/h9H,1-8H2;3*1H. The molecule has 0 saturated carbocycles. The lowest BCUT2D eigenvalue weighted by Crippen LogP contribution is -2.22. The molecule has 0 fully saturated rings. The van der Waals surface area contributed by atoms with Crippen molar-refractivity contribution in [2.75, 3.05) is 26.2 Å². The molecule has 0 rings (SSSR count). The Morgan fingerprint density at radius 2 is 1.62 bits per heavy atom. The maximum absolute atomic E-state index is 5.30. The first-order valence-electron chi connectivity index (χ1n) is 3.64. The highest BCUT2D eigenvalue weighted by Gasteiger charge is 1.85. The van der Waals surface area contributed by atoms with Crippen molar-refractivity contribution >= 4 is 37.2 Å². The van der Waals surface area contributed by atoms with Crippen LogP contribution in [0, 0.1) is 0 Å². The van der Waals surface area contributed by atoms with Gasteiger partial charge in [0.15, 0.2) is 0 Å². The molecule has 0 aromatic heterocycles. The summed E-state index contributed by atoms with van der Waals surface area (Å²) in [7, 11) is 0. The molecular weight excluding hydrogens is 236 g/mol. The number of nitrogens with two attached hydrogens (primary N) is 2. The van der Waals surface area contributed by atoms with Crippen molar-refractivity contribution in [3.8, 4) is 0 Å². The van der Waals surface area contributed by atoms with Crippen LogP contribution in [0.5, 0.6) is 0 Å². The Balaban J connectivity index is -0.000000135. The second-order valence-corrected chi connectivity index (χ2v) is 2.12. The third-order valence-corrected chi connectivity index (χ3v) is 1.20. The largest absolute Gasteiger partial charge is 0.330 e. The Bertz CT molecular complexity index is 63.1. The van der Waals surface area contributed by atoms with E-state index in [9.17, 15) is 0 Å². The lowest BCUT2D eigenvalue weighted by molar-refractivity contribution is 0.140. The zero-order valence-corrected chi connectivity index (χ0v) is 9.98. The van der Waals surface area contributed by atoms with Gasteiger partial charge in [0.2, 0.25) is 0 Å². The molecule has 0 unspecified atom stereocenters. The highest BCUT2D eigenvalue weighted by atomic mass is 35.5. The Morgan fingerprint density at radius 1 is 1.00 bits per heavy atom. The smallest absolute Gasteiger partial charge is 0.0803 e. The van der Waals surface area contributed by atoms with Gasteiger partial charge in [0.25, 0.3) is 0 Å². The van der Waals surface area contributed by atoms with E-state index in [1.165, 1.54) is 0 Å². The molecule has 7 heteroatoms. The summed E-state index contributed by atoms with van der Waals surface area (Å²) in [4.78, 5) is 4.36. The topological polar surface area (TPSA) is 73.3 Å². The molecule has 0 bridgehead atoms. The Labute approximate surface area is 98.3 Å². The number of nitrogens with one attached hydrogen (secondary N) is 1. The van der Waals surface area contributed by atoms with Crippen LogP contribution in [0.2, 0.25) is 0 Å².